The number of rotatable bonds is 16. The van der Waals surface area contributed by atoms with Gasteiger partial charge < -0.3 is 29.3 Å². The van der Waals surface area contributed by atoms with Crippen LogP contribution in [0.5, 0.6) is 0 Å². The molecule has 10 nitrogen and oxygen atoms in total. The number of anilines is 1. The molecule has 3 aromatic rings. The van der Waals surface area contributed by atoms with Gasteiger partial charge in [-0.3, -0.25) is 19.2 Å². The minimum Gasteiger partial charge on any atom is -0.455 e. The van der Waals surface area contributed by atoms with Crippen LogP contribution < -0.4 is 4.90 Å². The van der Waals surface area contributed by atoms with Crippen molar-refractivity contribution in [1.82, 2.24) is 9.80 Å². The van der Waals surface area contributed by atoms with Gasteiger partial charge in [-0.1, -0.05) is 107 Å². The van der Waals surface area contributed by atoms with E-state index in [2.05, 4.69) is 29.1 Å². The van der Waals surface area contributed by atoms with Crippen LogP contribution in [0.4, 0.5) is 5.69 Å². The number of fused-ring (bicyclic) bond motifs is 1. The van der Waals surface area contributed by atoms with E-state index < -0.39 is 66.3 Å². The molecule has 3 amide bonds. The summed E-state index contributed by atoms with van der Waals surface area (Å²) in [4.78, 5) is 62.9. The molecule has 1 N–H and O–H groups in total. The summed E-state index contributed by atoms with van der Waals surface area (Å²) in [6.07, 6.45) is 3.01. The van der Waals surface area contributed by atoms with Gasteiger partial charge in [0.1, 0.15) is 17.7 Å². The van der Waals surface area contributed by atoms with Crippen LogP contribution >= 0.6 is 15.9 Å². The SMILES string of the molecule is C=CCCC(=O)N(C)[C@@H](C)[C@@H](OC(=O)[C@@H]1[C@H]2O[C@@]3(CC2Br)[C@H](C(=O)N(CC=C)c2c(C)cccc2C)N([C@@H](CO)Cc2ccccc2)C(=O)[C@@H]13)c1ccccc1. The number of ether oxygens (including phenoxy) is 2. The summed E-state index contributed by atoms with van der Waals surface area (Å²) in [6, 6.07) is 22.0. The summed E-state index contributed by atoms with van der Waals surface area (Å²) in [5.41, 5.74) is 2.61. The molecule has 3 aromatic carbocycles. The molecule has 9 atom stereocenters. The fraction of sp³-hybridized carbons (Fsp3) is 0.422. The van der Waals surface area contributed by atoms with Gasteiger partial charge in [-0.05, 0) is 62.3 Å². The van der Waals surface area contributed by atoms with Crippen molar-refractivity contribution < 1.29 is 33.8 Å². The second kappa shape index (κ2) is 17.3. The number of allylic oxidation sites excluding steroid dienone is 1. The lowest BCUT2D eigenvalue weighted by atomic mass is 9.70. The minimum absolute atomic E-state index is 0.124. The Labute approximate surface area is 338 Å². The number of alkyl halides is 1. The number of aliphatic hydroxyl groups excluding tert-OH is 1. The molecular formula is C45H52BrN3O7. The standard InChI is InChI=1S/C45H52BrN3O7/c1-7-9-23-35(51)47(6)30(5)39(32-21-14-11-15-22-32)55-44(54)36-37-42(52)49(33(27-50)25-31-19-12-10-13-20-31)41(45(37)26-34(46)40(36)56-45)43(53)48(24-8-2)38-28(3)17-16-18-29(38)4/h7-8,10-22,30,33-34,36-37,39-41,50H,1-2,9,23-27H2,3-6H3/t30-,33+,34?,36-,37+,39+,40-,41-,45+/m0/s1. The lowest BCUT2D eigenvalue weighted by Crippen LogP contribution is -2.59. The van der Waals surface area contributed by atoms with Crippen molar-refractivity contribution in [3.63, 3.8) is 0 Å². The van der Waals surface area contributed by atoms with Gasteiger partial charge in [0.05, 0.1) is 36.6 Å². The van der Waals surface area contributed by atoms with E-state index in [1.807, 2.05) is 99.6 Å². The molecule has 0 saturated carbocycles. The van der Waals surface area contributed by atoms with E-state index >= 15 is 9.59 Å². The summed E-state index contributed by atoms with van der Waals surface area (Å²) >= 11 is 3.79. The molecule has 2 bridgehead atoms. The third-order valence-corrected chi connectivity index (χ3v) is 12.7. The number of halogens is 1. The topological polar surface area (TPSA) is 117 Å². The number of carbonyl (C=O) groups excluding carboxylic acids is 4. The predicted octanol–water partition coefficient (Wildman–Crippen LogP) is 6.27. The van der Waals surface area contributed by atoms with Crippen molar-refractivity contribution in [1.29, 1.82) is 0 Å². The highest BCUT2D eigenvalue weighted by Crippen LogP contribution is 2.61. The smallest absolute Gasteiger partial charge is 0.313 e. The van der Waals surface area contributed by atoms with Crippen LogP contribution in [0.25, 0.3) is 0 Å². The Kier molecular flexibility index (Phi) is 12.7. The van der Waals surface area contributed by atoms with Gasteiger partial charge >= 0.3 is 5.97 Å². The first-order valence-electron chi connectivity index (χ1n) is 19.3. The van der Waals surface area contributed by atoms with Crippen LogP contribution in [0.3, 0.4) is 0 Å². The van der Waals surface area contributed by atoms with E-state index in [9.17, 15) is 14.7 Å². The molecule has 3 aliphatic rings. The van der Waals surface area contributed by atoms with Crippen LogP contribution in [0.1, 0.15) is 54.5 Å². The maximum Gasteiger partial charge on any atom is 0.313 e. The number of aryl methyl sites for hydroxylation is 2. The first kappa shape index (κ1) is 41.1. The van der Waals surface area contributed by atoms with Crippen LogP contribution in [-0.4, -0.2) is 93.5 Å². The number of carbonyl (C=O) groups is 4. The Morgan fingerprint density at radius 1 is 1.02 bits per heavy atom. The Balaban J connectivity index is 1.43. The molecule has 3 heterocycles. The van der Waals surface area contributed by atoms with Crippen LogP contribution in [0, 0.1) is 25.7 Å². The maximum atomic E-state index is 15.4. The quantitative estimate of drug-likeness (QED) is 0.103. The Bertz CT molecular complexity index is 1920. The van der Waals surface area contributed by atoms with Gasteiger partial charge in [0, 0.05) is 30.5 Å². The summed E-state index contributed by atoms with van der Waals surface area (Å²) in [7, 11) is 1.69. The number of para-hydroxylation sites is 1. The number of nitrogens with zero attached hydrogens (tertiary/aromatic N) is 3. The molecule has 56 heavy (non-hydrogen) atoms. The van der Waals surface area contributed by atoms with E-state index in [-0.39, 0.29) is 42.4 Å². The lowest BCUT2D eigenvalue weighted by Gasteiger charge is -2.40. The Morgan fingerprint density at radius 3 is 2.27 bits per heavy atom. The maximum absolute atomic E-state index is 15.4. The summed E-state index contributed by atoms with van der Waals surface area (Å²) in [5.74, 6) is -3.75. The minimum atomic E-state index is -1.41. The number of benzene rings is 3. The number of hydrogen-bond donors (Lipinski definition) is 1. The fourth-order valence-electron chi connectivity index (χ4n) is 9.07. The van der Waals surface area contributed by atoms with Crippen molar-refractivity contribution in [3.05, 3.63) is 126 Å². The van der Waals surface area contributed by atoms with Crippen molar-refractivity contribution >= 4 is 45.3 Å². The van der Waals surface area contributed by atoms with Crippen molar-refractivity contribution in [3.8, 4) is 0 Å². The van der Waals surface area contributed by atoms with E-state index in [1.165, 1.54) is 4.90 Å². The highest BCUT2D eigenvalue weighted by Gasteiger charge is 2.77. The van der Waals surface area contributed by atoms with Crippen LogP contribution in [-0.2, 0) is 35.1 Å². The van der Waals surface area contributed by atoms with E-state index in [4.69, 9.17) is 9.47 Å². The molecule has 1 spiro atoms. The number of likely N-dealkylation sites (N-methyl/N-ethyl adjacent to an activating group) is 1. The summed E-state index contributed by atoms with van der Waals surface area (Å²) in [5, 5.41) is 11.0. The van der Waals surface area contributed by atoms with Crippen molar-refractivity contribution in [2.45, 2.75) is 87.2 Å². The van der Waals surface area contributed by atoms with Gasteiger partial charge in [-0.15, -0.1) is 13.2 Å². The second-order valence-electron chi connectivity index (χ2n) is 15.3. The summed E-state index contributed by atoms with van der Waals surface area (Å²) in [6.45, 7) is 13.1. The molecule has 0 aliphatic carbocycles. The summed E-state index contributed by atoms with van der Waals surface area (Å²) < 4.78 is 13.3. The van der Waals surface area contributed by atoms with Crippen molar-refractivity contribution in [2.75, 3.05) is 25.1 Å². The van der Waals surface area contributed by atoms with Crippen LogP contribution in [0.2, 0.25) is 0 Å². The van der Waals surface area contributed by atoms with Crippen LogP contribution in [0.15, 0.2) is 104 Å². The first-order valence-corrected chi connectivity index (χ1v) is 20.2. The average molecular weight is 827 g/mol. The van der Waals surface area contributed by atoms with Gasteiger partial charge in [-0.25, -0.2) is 0 Å². The number of amides is 3. The normalized spacial score (nSPS) is 25.2. The van der Waals surface area contributed by atoms with Gasteiger partial charge in [0.2, 0.25) is 11.8 Å². The number of aliphatic hydroxyl groups is 1. The van der Waals surface area contributed by atoms with E-state index in [1.54, 1.807) is 29.0 Å². The van der Waals surface area contributed by atoms with Gasteiger partial charge in [0.15, 0.2) is 0 Å². The van der Waals surface area contributed by atoms with Gasteiger partial charge in [0.25, 0.3) is 5.91 Å². The first-order chi connectivity index (χ1) is 26.9. The Morgan fingerprint density at radius 2 is 1.66 bits per heavy atom. The monoisotopic (exact) mass is 825 g/mol. The zero-order valence-electron chi connectivity index (χ0n) is 32.6. The number of likely N-dealkylation sites (tertiary alicyclic amines) is 1. The molecule has 1 unspecified atom stereocenters. The molecular weight excluding hydrogens is 774 g/mol. The molecule has 3 fully saturated rings. The highest BCUT2D eigenvalue weighted by atomic mass is 79.9. The molecule has 3 aliphatic heterocycles. The average Bonchev–Trinajstić information content (AvgIpc) is 3.80. The fourth-order valence-corrected chi connectivity index (χ4v) is 10.0. The predicted molar refractivity (Wildman–Crippen MR) is 219 cm³/mol. The largest absolute Gasteiger partial charge is 0.455 e. The zero-order chi connectivity index (χ0) is 40.3. The molecule has 0 radical (unpaired) electrons. The Hall–Kier alpha value is -4.58. The second-order valence-corrected chi connectivity index (χ2v) is 16.4. The van der Waals surface area contributed by atoms with E-state index in [0.29, 0.717) is 17.7 Å². The third kappa shape index (κ3) is 7.48. The highest BCUT2D eigenvalue weighted by molar-refractivity contribution is 9.09. The molecule has 3 saturated heterocycles. The molecule has 0 aromatic heterocycles. The molecule has 11 heteroatoms. The van der Waals surface area contributed by atoms with Crippen molar-refractivity contribution in [2.24, 2.45) is 11.8 Å². The number of hydrogen-bond acceptors (Lipinski definition) is 7. The third-order valence-electron chi connectivity index (χ3n) is 11.8. The zero-order valence-corrected chi connectivity index (χ0v) is 34.1. The molecule has 296 valence electrons. The van der Waals surface area contributed by atoms with E-state index in [0.717, 1.165) is 16.7 Å². The van der Waals surface area contributed by atoms with Gasteiger partial charge in [-0.2, -0.15) is 0 Å². The number of esters is 1. The molecule has 6 rings (SSSR count). The lowest BCUT2D eigenvalue weighted by molar-refractivity contribution is -0.165.